The predicted octanol–water partition coefficient (Wildman–Crippen LogP) is 4.25. The van der Waals surface area contributed by atoms with Crippen LogP contribution in [0.5, 0.6) is 0 Å². The third-order valence-corrected chi connectivity index (χ3v) is 4.68. The molecule has 1 N–H and O–H groups in total. The Morgan fingerprint density at radius 3 is 2.77 bits per heavy atom. The molecule has 1 atom stereocenters. The molecule has 0 fully saturated rings. The van der Waals surface area contributed by atoms with E-state index in [4.69, 9.17) is 11.6 Å². The number of rotatable bonds is 4. The molecule has 0 radical (unpaired) electrons. The van der Waals surface area contributed by atoms with Crippen molar-refractivity contribution in [2.24, 2.45) is 0 Å². The van der Waals surface area contributed by atoms with Crippen LogP contribution in [-0.4, -0.2) is 5.91 Å². The SMILES string of the molecule is C[C@H](NC(=O)Cc1ccccc1Cl)c1ccc2c(c1)CCC2. The summed E-state index contributed by atoms with van der Waals surface area (Å²) in [5, 5.41) is 3.71. The number of fused-ring (bicyclic) bond motifs is 1. The zero-order valence-corrected chi connectivity index (χ0v) is 13.5. The largest absolute Gasteiger partial charge is 0.349 e. The lowest BCUT2D eigenvalue weighted by Gasteiger charge is -2.16. The summed E-state index contributed by atoms with van der Waals surface area (Å²) < 4.78 is 0. The number of aryl methyl sites for hydroxylation is 2. The minimum Gasteiger partial charge on any atom is -0.349 e. The quantitative estimate of drug-likeness (QED) is 0.898. The van der Waals surface area contributed by atoms with Gasteiger partial charge in [0.05, 0.1) is 12.5 Å². The summed E-state index contributed by atoms with van der Waals surface area (Å²) in [4.78, 5) is 12.2. The lowest BCUT2D eigenvalue weighted by molar-refractivity contribution is -0.121. The van der Waals surface area contributed by atoms with E-state index >= 15 is 0 Å². The standard InChI is InChI=1S/C19H20ClNO/c1-13(15-10-9-14-6-4-7-16(14)11-15)21-19(22)12-17-5-2-3-8-18(17)20/h2-3,5,8-11,13H,4,6-7,12H2,1H3,(H,21,22)/t13-/m0/s1. The lowest BCUT2D eigenvalue weighted by atomic mass is 10.0. The van der Waals surface area contributed by atoms with Gasteiger partial charge in [0, 0.05) is 5.02 Å². The van der Waals surface area contributed by atoms with Crippen LogP contribution < -0.4 is 5.32 Å². The van der Waals surface area contributed by atoms with Crippen LogP contribution in [0.4, 0.5) is 0 Å². The number of halogens is 1. The second-order valence-corrected chi connectivity index (χ2v) is 6.35. The minimum atomic E-state index is 0.00102. The van der Waals surface area contributed by atoms with Gasteiger partial charge in [-0.15, -0.1) is 0 Å². The molecule has 114 valence electrons. The van der Waals surface area contributed by atoms with Gasteiger partial charge in [-0.2, -0.15) is 0 Å². The molecule has 3 rings (SSSR count). The number of carbonyl (C=O) groups excluding carboxylic acids is 1. The normalized spacial score (nSPS) is 14.5. The summed E-state index contributed by atoms with van der Waals surface area (Å²) >= 11 is 6.11. The van der Waals surface area contributed by atoms with E-state index in [-0.39, 0.29) is 11.9 Å². The van der Waals surface area contributed by atoms with Gasteiger partial charge in [0.15, 0.2) is 0 Å². The highest BCUT2D eigenvalue weighted by Crippen LogP contribution is 2.25. The molecule has 0 unspecified atom stereocenters. The van der Waals surface area contributed by atoms with Gasteiger partial charge in [-0.05, 0) is 54.5 Å². The maximum Gasteiger partial charge on any atom is 0.224 e. The molecular formula is C19H20ClNO. The first-order chi connectivity index (χ1) is 10.6. The molecule has 2 nitrogen and oxygen atoms in total. The molecule has 0 bridgehead atoms. The van der Waals surface area contributed by atoms with E-state index in [1.54, 1.807) is 0 Å². The summed E-state index contributed by atoms with van der Waals surface area (Å²) in [6.45, 7) is 2.03. The molecule has 0 aliphatic heterocycles. The van der Waals surface area contributed by atoms with Crippen molar-refractivity contribution in [3.05, 3.63) is 69.7 Å². The van der Waals surface area contributed by atoms with E-state index < -0.39 is 0 Å². The van der Waals surface area contributed by atoms with Crippen LogP contribution in [0.3, 0.4) is 0 Å². The van der Waals surface area contributed by atoms with E-state index in [0.717, 1.165) is 12.0 Å². The van der Waals surface area contributed by atoms with Gasteiger partial charge in [0.25, 0.3) is 0 Å². The first-order valence-corrected chi connectivity index (χ1v) is 8.16. The van der Waals surface area contributed by atoms with Crippen molar-refractivity contribution in [1.82, 2.24) is 5.32 Å². The highest BCUT2D eigenvalue weighted by molar-refractivity contribution is 6.31. The Labute approximate surface area is 136 Å². The van der Waals surface area contributed by atoms with Crippen molar-refractivity contribution in [3.8, 4) is 0 Å². The van der Waals surface area contributed by atoms with Crippen molar-refractivity contribution in [1.29, 1.82) is 0 Å². The molecule has 0 spiro atoms. The topological polar surface area (TPSA) is 29.1 Å². The maximum atomic E-state index is 12.2. The molecule has 0 heterocycles. The predicted molar refractivity (Wildman–Crippen MR) is 90.2 cm³/mol. The van der Waals surface area contributed by atoms with Crippen molar-refractivity contribution in [3.63, 3.8) is 0 Å². The summed E-state index contributed by atoms with van der Waals surface area (Å²) in [6.07, 6.45) is 3.90. The Kier molecular flexibility index (Phi) is 4.49. The van der Waals surface area contributed by atoms with Gasteiger partial charge in [-0.1, -0.05) is 48.0 Å². The zero-order valence-electron chi connectivity index (χ0n) is 12.7. The van der Waals surface area contributed by atoms with Gasteiger partial charge < -0.3 is 5.32 Å². The molecule has 2 aromatic carbocycles. The Balaban J connectivity index is 1.65. The summed E-state index contributed by atoms with van der Waals surface area (Å²) in [5.74, 6) is 0.00102. The second-order valence-electron chi connectivity index (χ2n) is 5.94. The van der Waals surface area contributed by atoms with Crippen molar-refractivity contribution >= 4 is 17.5 Å². The molecule has 0 aromatic heterocycles. The van der Waals surface area contributed by atoms with Crippen LogP contribution in [0.15, 0.2) is 42.5 Å². The molecule has 0 saturated heterocycles. The number of carbonyl (C=O) groups is 1. The van der Waals surface area contributed by atoms with E-state index in [1.807, 2.05) is 31.2 Å². The highest BCUT2D eigenvalue weighted by Gasteiger charge is 2.15. The summed E-state index contributed by atoms with van der Waals surface area (Å²) in [6, 6.07) is 14.1. The van der Waals surface area contributed by atoms with Gasteiger partial charge in [0.2, 0.25) is 5.91 Å². The smallest absolute Gasteiger partial charge is 0.224 e. The maximum absolute atomic E-state index is 12.2. The lowest BCUT2D eigenvalue weighted by Crippen LogP contribution is -2.28. The molecular weight excluding hydrogens is 294 g/mol. The van der Waals surface area contributed by atoms with Gasteiger partial charge in [0.1, 0.15) is 0 Å². The fourth-order valence-electron chi connectivity index (χ4n) is 3.05. The third kappa shape index (κ3) is 3.33. The molecule has 1 aliphatic rings. The fourth-order valence-corrected chi connectivity index (χ4v) is 3.25. The first kappa shape index (κ1) is 15.1. The Morgan fingerprint density at radius 2 is 1.95 bits per heavy atom. The number of amides is 1. The average Bonchev–Trinajstić information content (AvgIpc) is 2.97. The number of nitrogens with one attached hydrogen (secondary N) is 1. The van der Waals surface area contributed by atoms with E-state index in [0.29, 0.717) is 11.4 Å². The van der Waals surface area contributed by atoms with Crippen LogP contribution in [0, 0.1) is 0 Å². The monoisotopic (exact) mass is 313 g/mol. The average molecular weight is 314 g/mol. The number of hydrogen-bond donors (Lipinski definition) is 1. The van der Waals surface area contributed by atoms with E-state index in [2.05, 4.69) is 23.5 Å². The Hall–Kier alpha value is -1.80. The van der Waals surface area contributed by atoms with Crippen LogP contribution in [0.1, 0.15) is 41.6 Å². The van der Waals surface area contributed by atoms with Crippen molar-refractivity contribution in [2.75, 3.05) is 0 Å². The third-order valence-electron chi connectivity index (χ3n) is 4.31. The summed E-state index contributed by atoms with van der Waals surface area (Å²) in [5.41, 5.74) is 4.93. The van der Waals surface area contributed by atoms with Crippen molar-refractivity contribution < 1.29 is 4.79 Å². The summed E-state index contributed by atoms with van der Waals surface area (Å²) in [7, 11) is 0. The molecule has 3 heteroatoms. The minimum absolute atomic E-state index is 0.00102. The van der Waals surface area contributed by atoms with E-state index in [9.17, 15) is 4.79 Å². The molecule has 1 aliphatic carbocycles. The van der Waals surface area contributed by atoms with Crippen molar-refractivity contribution in [2.45, 2.75) is 38.6 Å². The van der Waals surface area contributed by atoms with Crippen LogP contribution in [0.25, 0.3) is 0 Å². The molecule has 0 saturated carbocycles. The van der Waals surface area contributed by atoms with Gasteiger partial charge in [-0.3, -0.25) is 4.79 Å². The molecule has 22 heavy (non-hydrogen) atoms. The van der Waals surface area contributed by atoms with Gasteiger partial charge >= 0.3 is 0 Å². The number of hydrogen-bond acceptors (Lipinski definition) is 1. The second kappa shape index (κ2) is 6.53. The fraction of sp³-hybridized carbons (Fsp3) is 0.316. The first-order valence-electron chi connectivity index (χ1n) is 7.78. The number of benzene rings is 2. The molecule has 2 aromatic rings. The van der Waals surface area contributed by atoms with Gasteiger partial charge in [-0.25, -0.2) is 0 Å². The van der Waals surface area contributed by atoms with Crippen LogP contribution in [0.2, 0.25) is 5.02 Å². The van der Waals surface area contributed by atoms with Crippen LogP contribution >= 0.6 is 11.6 Å². The zero-order chi connectivity index (χ0) is 15.5. The highest BCUT2D eigenvalue weighted by atomic mass is 35.5. The van der Waals surface area contributed by atoms with E-state index in [1.165, 1.54) is 29.5 Å². The Morgan fingerprint density at radius 1 is 1.18 bits per heavy atom. The van der Waals surface area contributed by atoms with Crippen LogP contribution in [-0.2, 0) is 24.1 Å². The Bertz CT molecular complexity index is 696. The molecule has 1 amide bonds.